The van der Waals surface area contributed by atoms with Gasteiger partial charge in [0, 0.05) is 6.54 Å². The zero-order valence-corrected chi connectivity index (χ0v) is 14.4. The van der Waals surface area contributed by atoms with Gasteiger partial charge in [-0.15, -0.1) is 0 Å². The first kappa shape index (κ1) is 17.5. The monoisotopic (exact) mass is 333 g/mol. The van der Waals surface area contributed by atoms with Crippen LogP contribution in [0.25, 0.3) is 0 Å². The first-order chi connectivity index (χ1) is 11.0. The SMILES string of the molecule is Cc1ccc(C)c(OCCNS(=O)(=O)CCc2ccccc2)c1. The molecule has 0 spiro atoms. The van der Waals surface area contributed by atoms with E-state index in [9.17, 15) is 8.42 Å². The van der Waals surface area contributed by atoms with Crippen LogP contribution in [0.4, 0.5) is 0 Å². The lowest BCUT2D eigenvalue weighted by molar-refractivity contribution is 0.320. The number of nitrogens with one attached hydrogen (secondary N) is 1. The number of hydrogen-bond acceptors (Lipinski definition) is 3. The minimum Gasteiger partial charge on any atom is -0.492 e. The maximum Gasteiger partial charge on any atom is 0.212 e. The Morgan fingerprint density at radius 3 is 2.52 bits per heavy atom. The summed E-state index contributed by atoms with van der Waals surface area (Å²) in [7, 11) is -3.28. The zero-order valence-electron chi connectivity index (χ0n) is 13.6. The molecule has 0 saturated carbocycles. The summed E-state index contributed by atoms with van der Waals surface area (Å²) in [6.45, 7) is 4.55. The molecule has 0 amide bonds. The van der Waals surface area contributed by atoms with Crippen LogP contribution < -0.4 is 9.46 Å². The van der Waals surface area contributed by atoms with Crippen LogP contribution in [0.3, 0.4) is 0 Å². The van der Waals surface area contributed by atoms with E-state index in [1.54, 1.807) is 0 Å². The molecule has 1 N–H and O–H groups in total. The van der Waals surface area contributed by atoms with Gasteiger partial charge in [0.1, 0.15) is 12.4 Å². The van der Waals surface area contributed by atoms with Crippen molar-refractivity contribution in [2.75, 3.05) is 18.9 Å². The van der Waals surface area contributed by atoms with Crippen molar-refractivity contribution in [1.29, 1.82) is 0 Å². The molecule has 0 heterocycles. The van der Waals surface area contributed by atoms with Crippen molar-refractivity contribution in [2.24, 2.45) is 0 Å². The third-order valence-corrected chi connectivity index (χ3v) is 4.91. The quantitative estimate of drug-likeness (QED) is 0.756. The van der Waals surface area contributed by atoms with Gasteiger partial charge in [0.2, 0.25) is 10.0 Å². The van der Waals surface area contributed by atoms with Gasteiger partial charge in [-0.25, -0.2) is 13.1 Å². The van der Waals surface area contributed by atoms with Gasteiger partial charge in [-0.2, -0.15) is 0 Å². The number of sulfonamides is 1. The first-order valence-electron chi connectivity index (χ1n) is 7.67. The molecule has 0 bridgehead atoms. The molecular weight excluding hydrogens is 310 g/mol. The van der Waals surface area contributed by atoms with Crippen LogP contribution in [0.2, 0.25) is 0 Å². The number of rotatable bonds is 8. The van der Waals surface area contributed by atoms with E-state index in [-0.39, 0.29) is 12.3 Å². The average molecular weight is 333 g/mol. The highest BCUT2D eigenvalue weighted by molar-refractivity contribution is 7.89. The van der Waals surface area contributed by atoms with E-state index in [1.807, 2.05) is 62.4 Å². The van der Waals surface area contributed by atoms with Crippen molar-refractivity contribution in [1.82, 2.24) is 4.72 Å². The second-order valence-electron chi connectivity index (χ2n) is 5.57. The van der Waals surface area contributed by atoms with Crippen LogP contribution in [-0.2, 0) is 16.4 Å². The minimum atomic E-state index is -3.28. The number of ether oxygens (including phenoxy) is 1. The van der Waals surface area contributed by atoms with E-state index in [0.29, 0.717) is 13.0 Å². The van der Waals surface area contributed by atoms with Crippen molar-refractivity contribution >= 4 is 10.0 Å². The molecule has 0 aromatic heterocycles. The van der Waals surface area contributed by atoms with Crippen LogP contribution >= 0.6 is 0 Å². The average Bonchev–Trinajstić information content (AvgIpc) is 2.54. The highest BCUT2D eigenvalue weighted by atomic mass is 32.2. The molecule has 4 nitrogen and oxygen atoms in total. The molecule has 0 aliphatic carbocycles. The lowest BCUT2D eigenvalue weighted by Crippen LogP contribution is -2.31. The molecule has 0 atom stereocenters. The second-order valence-corrected chi connectivity index (χ2v) is 7.49. The maximum atomic E-state index is 12.0. The summed E-state index contributed by atoms with van der Waals surface area (Å²) in [5.41, 5.74) is 3.18. The number of hydrogen-bond donors (Lipinski definition) is 1. The van der Waals surface area contributed by atoms with Gasteiger partial charge >= 0.3 is 0 Å². The molecule has 23 heavy (non-hydrogen) atoms. The zero-order chi connectivity index (χ0) is 16.7. The lowest BCUT2D eigenvalue weighted by Gasteiger charge is -2.11. The Balaban J connectivity index is 1.75. The van der Waals surface area contributed by atoms with E-state index in [2.05, 4.69) is 4.72 Å². The first-order valence-corrected chi connectivity index (χ1v) is 9.33. The van der Waals surface area contributed by atoms with Crippen molar-refractivity contribution in [3.8, 4) is 5.75 Å². The molecule has 2 aromatic carbocycles. The minimum absolute atomic E-state index is 0.0838. The van der Waals surface area contributed by atoms with Crippen molar-refractivity contribution < 1.29 is 13.2 Å². The fraction of sp³-hybridized carbons (Fsp3) is 0.333. The van der Waals surface area contributed by atoms with Crippen molar-refractivity contribution in [3.05, 3.63) is 65.2 Å². The topological polar surface area (TPSA) is 55.4 Å². The maximum absolute atomic E-state index is 12.0. The van der Waals surface area contributed by atoms with Crippen molar-refractivity contribution in [2.45, 2.75) is 20.3 Å². The smallest absolute Gasteiger partial charge is 0.212 e. The Labute approximate surface area is 138 Å². The van der Waals surface area contributed by atoms with Crippen LogP contribution in [-0.4, -0.2) is 27.3 Å². The van der Waals surface area contributed by atoms with Gasteiger partial charge in [-0.3, -0.25) is 0 Å². The molecule has 2 rings (SSSR count). The fourth-order valence-corrected chi connectivity index (χ4v) is 3.23. The highest BCUT2D eigenvalue weighted by Gasteiger charge is 2.10. The summed E-state index contributed by atoms with van der Waals surface area (Å²) >= 11 is 0. The third kappa shape index (κ3) is 6.04. The highest BCUT2D eigenvalue weighted by Crippen LogP contribution is 2.18. The third-order valence-electron chi connectivity index (χ3n) is 3.53. The normalized spacial score (nSPS) is 11.4. The van der Waals surface area contributed by atoms with Gasteiger partial charge < -0.3 is 4.74 Å². The van der Waals surface area contributed by atoms with Crippen LogP contribution in [0.1, 0.15) is 16.7 Å². The predicted molar refractivity (Wildman–Crippen MR) is 93.3 cm³/mol. The molecule has 0 aliphatic rings. The van der Waals surface area contributed by atoms with E-state index in [4.69, 9.17) is 4.74 Å². The fourth-order valence-electron chi connectivity index (χ4n) is 2.19. The Morgan fingerprint density at radius 2 is 1.78 bits per heavy atom. The lowest BCUT2D eigenvalue weighted by atomic mass is 10.1. The Bertz CT molecular complexity index is 727. The summed E-state index contributed by atoms with van der Waals surface area (Å²) < 4.78 is 32.2. The van der Waals surface area contributed by atoms with E-state index >= 15 is 0 Å². The number of benzene rings is 2. The molecule has 124 valence electrons. The molecule has 0 fully saturated rings. The Morgan fingerprint density at radius 1 is 1.04 bits per heavy atom. The van der Waals surface area contributed by atoms with E-state index in [0.717, 1.165) is 22.4 Å². The standard InChI is InChI=1S/C18H23NO3S/c1-15-8-9-16(2)18(14-15)22-12-11-19-23(20,21)13-10-17-6-4-3-5-7-17/h3-9,14,19H,10-13H2,1-2H3. The van der Waals surface area contributed by atoms with Crippen LogP contribution in [0.15, 0.2) is 48.5 Å². The second kappa shape index (κ2) is 8.13. The summed E-state index contributed by atoms with van der Waals surface area (Å²) in [6, 6.07) is 15.6. The van der Waals surface area contributed by atoms with Crippen LogP contribution in [0.5, 0.6) is 5.75 Å². The molecular formula is C18H23NO3S. The van der Waals surface area contributed by atoms with Gasteiger partial charge in [-0.1, -0.05) is 42.5 Å². The molecule has 0 aliphatic heterocycles. The van der Waals surface area contributed by atoms with Gasteiger partial charge in [0.05, 0.1) is 5.75 Å². The van der Waals surface area contributed by atoms with E-state index < -0.39 is 10.0 Å². The molecule has 0 unspecified atom stereocenters. The Kier molecular flexibility index (Phi) is 6.19. The van der Waals surface area contributed by atoms with Gasteiger partial charge in [0.15, 0.2) is 0 Å². The van der Waals surface area contributed by atoms with E-state index in [1.165, 1.54) is 0 Å². The predicted octanol–water partition coefficient (Wildman–Crippen LogP) is 2.84. The molecule has 0 saturated heterocycles. The van der Waals surface area contributed by atoms with Gasteiger partial charge in [-0.05, 0) is 43.0 Å². The summed E-state index contributed by atoms with van der Waals surface area (Å²) in [4.78, 5) is 0. The summed E-state index contributed by atoms with van der Waals surface area (Å²) in [6.07, 6.45) is 0.508. The van der Waals surface area contributed by atoms with Crippen molar-refractivity contribution in [3.63, 3.8) is 0 Å². The van der Waals surface area contributed by atoms with Crippen LogP contribution in [0, 0.1) is 13.8 Å². The van der Waals surface area contributed by atoms with Gasteiger partial charge in [0.25, 0.3) is 0 Å². The number of aryl methyl sites for hydroxylation is 3. The molecule has 0 radical (unpaired) electrons. The summed E-state index contributed by atoms with van der Waals surface area (Å²) in [5, 5.41) is 0. The summed E-state index contributed by atoms with van der Waals surface area (Å²) in [5.74, 6) is 0.883. The largest absolute Gasteiger partial charge is 0.492 e. The molecule has 2 aromatic rings. The molecule has 5 heteroatoms. The Hall–Kier alpha value is -1.85.